The molecule has 1 atom stereocenters. The first kappa shape index (κ1) is 23.0. The number of nitrogens with zero attached hydrogens (tertiary/aromatic N) is 5. The van der Waals surface area contributed by atoms with E-state index in [4.69, 9.17) is 9.47 Å². The summed E-state index contributed by atoms with van der Waals surface area (Å²) in [6.07, 6.45) is -0.345. The van der Waals surface area contributed by atoms with Crippen molar-refractivity contribution >= 4 is 34.1 Å². The van der Waals surface area contributed by atoms with Crippen LogP contribution in [-0.2, 0) is 11.3 Å². The lowest BCUT2D eigenvalue weighted by Crippen LogP contribution is -2.15. The van der Waals surface area contributed by atoms with Gasteiger partial charge >= 0.3 is 0 Å². The van der Waals surface area contributed by atoms with Crippen molar-refractivity contribution in [3.05, 3.63) is 35.1 Å². The fourth-order valence-electron chi connectivity index (χ4n) is 2.77. The van der Waals surface area contributed by atoms with Gasteiger partial charge in [0.05, 0.1) is 12.9 Å². The number of ether oxygens (including phenoxy) is 2. The molecular formula is C20H26N6O3S2. The van der Waals surface area contributed by atoms with Crippen LogP contribution in [0, 0.1) is 0 Å². The Morgan fingerprint density at radius 3 is 2.55 bits per heavy atom. The number of para-hydroxylation sites is 2. The summed E-state index contributed by atoms with van der Waals surface area (Å²) in [7, 11) is 1.60. The molecule has 9 nitrogen and oxygen atoms in total. The Labute approximate surface area is 189 Å². The van der Waals surface area contributed by atoms with Crippen molar-refractivity contribution in [1.29, 1.82) is 0 Å². The first-order valence-electron chi connectivity index (χ1n) is 9.91. The highest BCUT2D eigenvalue weighted by molar-refractivity contribution is 7.99. The average Bonchev–Trinajstić information content (AvgIpc) is 3.39. The molecule has 166 valence electrons. The number of hydrogen-bond acceptors (Lipinski definition) is 9. The van der Waals surface area contributed by atoms with Crippen LogP contribution in [0.25, 0.3) is 0 Å². The van der Waals surface area contributed by atoms with Crippen molar-refractivity contribution in [2.45, 2.75) is 51.4 Å². The number of anilines is 1. The van der Waals surface area contributed by atoms with Crippen molar-refractivity contribution in [3.8, 4) is 11.5 Å². The Bertz CT molecular complexity index is 1020. The van der Waals surface area contributed by atoms with Crippen LogP contribution in [-0.4, -0.2) is 43.7 Å². The monoisotopic (exact) mass is 462 g/mol. The van der Waals surface area contributed by atoms with E-state index in [1.165, 1.54) is 23.1 Å². The van der Waals surface area contributed by atoms with Gasteiger partial charge in [-0.1, -0.05) is 49.1 Å². The van der Waals surface area contributed by atoms with Gasteiger partial charge in [0.25, 0.3) is 0 Å². The predicted molar refractivity (Wildman–Crippen MR) is 121 cm³/mol. The van der Waals surface area contributed by atoms with Crippen LogP contribution >= 0.6 is 23.1 Å². The molecule has 1 amide bonds. The molecule has 0 radical (unpaired) electrons. The number of methoxy groups -OCH3 is 1. The molecule has 0 aliphatic rings. The zero-order chi connectivity index (χ0) is 22.4. The zero-order valence-electron chi connectivity index (χ0n) is 18.2. The van der Waals surface area contributed by atoms with Crippen molar-refractivity contribution in [2.24, 2.45) is 0 Å². The highest BCUT2D eigenvalue weighted by Gasteiger charge is 2.21. The molecule has 0 spiro atoms. The Morgan fingerprint density at radius 2 is 1.90 bits per heavy atom. The minimum absolute atomic E-state index is 0.165. The Morgan fingerprint density at radius 1 is 1.16 bits per heavy atom. The molecule has 1 N–H and O–H groups in total. The van der Waals surface area contributed by atoms with E-state index in [-0.39, 0.29) is 23.7 Å². The molecule has 11 heteroatoms. The molecule has 3 rings (SSSR count). The number of carbonyl (C=O) groups excluding carboxylic acids is 1. The summed E-state index contributed by atoms with van der Waals surface area (Å²) in [6.45, 7) is 8.64. The van der Waals surface area contributed by atoms with Gasteiger partial charge in [-0.05, 0) is 26.0 Å². The summed E-state index contributed by atoms with van der Waals surface area (Å²) in [5, 5.41) is 21.5. The largest absolute Gasteiger partial charge is 0.493 e. The topological polar surface area (TPSA) is 104 Å². The zero-order valence-corrected chi connectivity index (χ0v) is 19.8. The summed E-state index contributed by atoms with van der Waals surface area (Å²) >= 11 is 2.70. The van der Waals surface area contributed by atoms with Gasteiger partial charge in [0.15, 0.2) is 28.6 Å². The highest BCUT2D eigenvalue weighted by Crippen LogP contribution is 2.31. The summed E-state index contributed by atoms with van der Waals surface area (Å²) in [6, 6.07) is 7.46. The van der Waals surface area contributed by atoms with Crippen LogP contribution in [0.3, 0.4) is 0 Å². The minimum atomic E-state index is -0.345. The second-order valence-corrected chi connectivity index (χ2v) is 8.88. The lowest BCUT2D eigenvalue weighted by molar-refractivity contribution is -0.113. The van der Waals surface area contributed by atoms with E-state index in [9.17, 15) is 4.79 Å². The number of amides is 1. The maximum Gasteiger partial charge on any atom is 0.236 e. The third kappa shape index (κ3) is 5.73. The molecule has 0 saturated carbocycles. The van der Waals surface area contributed by atoms with Crippen LogP contribution in [0.15, 0.2) is 29.4 Å². The molecule has 2 aromatic heterocycles. The SMILES string of the molecule is CCn1c(SCC(=O)Nc2nnc(C(C)C)s2)nnc1C(C)Oc1ccccc1OC. The first-order chi connectivity index (χ1) is 14.9. The second-order valence-electron chi connectivity index (χ2n) is 6.93. The first-order valence-corrected chi connectivity index (χ1v) is 11.7. The normalized spacial score (nSPS) is 12.1. The van der Waals surface area contributed by atoms with E-state index in [2.05, 4.69) is 25.7 Å². The Hall–Kier alpha value is -2.66. The number of carbonyl (C=O) groups is 1. The number of nitrogens with one attached hydrogen (secondary N) is 1. The molecule has 31 heavy (non-hydrogen) atoms. The van der Waals surface area contributed by atoms with Crippen LogP contribution in [0.4, 0.5) is 5.13 Å². The molecule has 3 aromatic rings. The second kappa shape index (κ2) is 10.6. The summed E-state index contributed by atoms with van der Waals surface area (Å²) < 4.78 is 13.3. The highest BCUT2D eigenvalue weighted by atomic mass is 32.2. The van der Waals surface area contributed by atoms with E-state index >= 15 is 0 Å². The molecule has 0 aliphatic carbocycles. The van der Waals surface area contributed by atoms with Crippen molar-refractivity contribution in [3.63, 3.8) is 0 Å². The fourth-order valence-corrected chi connectivity index (χ4v) is 4.34. The van der Waals surface area contributed by atoms with Gasteiger partial charge in [0, 0.05) is 12.5 Å². The van der Waals surface area contributed by atoms with E-state index in [1.807, 2.05) is 56.5 Å². The third-order valence-electron chi connectivity index (χ3n) is 4.31. The van der Waals surface area contributed by atoms with Gasteiger partial charge in [-0.25, -0.2) is 0 Å². The van der Waals surface area contributed by atoms with Crippen molar-refractivity contribution in [1.82, 2.24) is 25.0 Å². The summed E-state index contributed by atoms with van der Waals surface area (Å²) in [5.74, 6) is 2.27. The number of hydrogen-bond donors (Lipinski definition) is 1. The van der Waals surface area contributed by atoms with Crippen molar-refractivity contribution in [2.75, 3.05) is 18.2 Å². The molecule has 1 aromatic carbocycles. The lowest BCUT2D eigenvalue weighted by atomic mass is 10.2. The maximum absolute atomic E-state index is 12.3. The number of aromatic nitrogens is 5. The predicted octanol–water partition coefficient (Wildman–Crippen LogP) is 4.15. The quantitative estimate of drug-likeness (QED) is 0.448. The summed E-state index contributed by atoms with van der Waals surface area (Å²) in [4.78, 5) is 12.3. The van der Waals surface area contributed by atoms with Crippen LogP contribution in [0.2, 0.25) is 0 Å². The maximum atomic E-state index is 12.3. The number of benzene rings is 1. The molecule has 2 heterocycles. The number of rotatable bonds is 10. The molecule has 0 saturated heterocycles. The van der Waals surface area contributed by atoms with Gasteiger partial charge in [-0.15, -0.1) is 20.4 Å². The van der Waals surface area contributed by atoms with E-state index in [0.29, 0.717) is 34.2 Å². The molecule has 0 bridgehead atoms. The molecular weight excluding hydrogens is 436 g/mol. The average molecular weight is 463 g/mol. The lowest BCUT2D eigenvalue weighted by Gasteiger charge is -2.17. The van der Waals surface area contributed by atoms with E-state index < -0.39 is 0 Å². The van der Waals surface area contributed by atoms with Gasteiger partial charge in [0.1, 0.15) is 5.01 Å². The standard InChI is InChI=1S/C20H26N6O3S2/c1-6-26-17(13(4)29-15-10-8-7-9-14(15)28-5)22-25-20(26)30-11-16(27)21-19-24-23-18(31-19)12(2)3/h7-10,12-13H,6,11H2,1-5H3,(H,21,24,27). The van der Waals surface area contributed by atoms with Crippen LogP contribution in [0.1, 0.15) is 50.5 Å². The Balaban J connectivity index is 1.63. The third-order valence-corrected chi connectivity index (χ3v) is 6.42. The van der Waals surface area contributed by atoms with Crippen molar-refractivity contribution < 1.29 is 14.3 Å². The van der Waals surface area contributed by atoms with E-state index in [0.717, 1.165) is 5.01 Å². The summed E-state index contributed by atoms with van der Waals surface area (Å²) in [5.41, 5.74) is 0. The van der Waals surface area contributed by atoms with Gasteiger partial charge in [-0.3, -0.25) is 10.1 Å². The smallest absolute Gasteiger partial charge is 0.236 e. The van der Waals surface area contributed by atoms with Gasteiger partial charge in [-0.2, -0.15) is 0 Å². The molecule has 1 unspecified atom stereocenters. The van der Waals surface area contributed by atoms with Crippen LogP contribution < -0.4 is 14.8 Å². The van der Waals surface area contributed by atoms with Crippen LogP contribution in [0.5, 0.6) is 11.5 Å². The molecule has 0 aliphatic heterocycles. The number of thioether (sulfide) groups is 1. The van der Waals surface area contributed by atoms with Gasteiger partial charge in [0.2, 0.25) is 11.0 Å². The van der Waals surface area contributed by atoms with E-state index in [1.54, 1.807) is 7.11 Å². The minimum Gasteiger partial charge on any atom is -0.493 e. The molecule has 0 fully saturated rings. The fraction of sp³-hybridized carbons (Fsp3) is 0.450. The van der Waals surface area contributed by atoms with Gasteiger partial charge < -0.3 is 14.0 Å². The Kier molecular flexibility index (Phi) is 7.85.